The van der Waals surface area contributed by atoms with Gasteiger partial charge in [-0.25, -0.2) is 4.99 Å². The average Bonchev–Trinajstić information content (AvgIpc) is 2.07. The first-order valence-corrected chi connectivity index (χ1v) is 4.22. The lowest BCUT2D eigenvalue weighted by Gasteiger charge is -2.05. The maximum Gasteiger partial charge on any atom is 0.426 e. The molecule has 0 saturated heterocycles. The number of aromatic hydroxyl groups is 1. The molecule has 0 aliphatic heterocycles. The van der Waals surface area contributed by atoms with E-state index in [-0.39, 0.29) is 17.7 Å². The molecule has 2 nitrogen and oxygen atoms in total. The standard InChI is InChI=1S/C10H10F3NO/c1-6-3-7(2)9(15)8(4-6)14-5-10(11,12)13/h3-5,15H,1-2H3. The molecule has 0 bridgehead atoms. The van der Waals surface area contributed by atoms with Gasteiger partial charge < -0.3 is 5.11 Å². The van der Waals surface area contributed by atoms with Gasteiger partial charge >= 0.3 is 6.18 Å². The number of halogens is 3. The fourth-order valence-electron chi connectivity index (χ4n) is 1.18. The highest BCUT2D eigenvalue weighted by Gasteiger charge is 2.23. The van der Waals surface area contributed by atoms with E-state index in [1.165, 1.54) is 6.07 Å². The molecule has 0 atom stereocenters. The summed E-state index contributed by atoms with van der Waals surface area (Å²) >= 11 is 0. The quantitative estimate of drug-likeness (QED) is 0.719. The highest BCUT2D eigenvalue weighted by atomic mass is 19.4. The fraction of sp³-hybridized carbons (Fsp3) is 0.300. The zero-order chi connectivity index (χ0) is 11.6. The maximum atomic E-state index is 11.8. The first-order valence-electron chi connectivity index (χ1n) is 4.22. The van der Waals surface area contributed by atoms with Crippen LogP contribution in [0.2, 0.25) is 0 Å². The van der Waals surface area contributed by atoms with Gasteiger partial charge in [0.05, 0.1) is 0 Å². The third-order valence-corrected chi connectivity index (χ3v) is 1.77. The number of hydrogen-bond acceptors (Lipinski definition) is 2. The highest BCUT2D eigenvalue weighted by Crippen LogP contribution is 2.31. The van der Waals surface area contributed by atoms with E-state index in [9.17, 15) is 18.3 Å². The summed E-state index contributed by atoms with van der Waals surface area (Å²) in [6.07, 6.45) is -4.61. The summed E-state index contributed by atoms with van der Waals surface area (Å²) in [6.45, 7) is 3.33. The van der Waals surface area contributed by atoms with E-state index in [4.69, 9.17) is 0 Å². The number of alkyl halides is 3. The zero-order valence-corrected chi connectivity index (χ0v) is 8.26. The molecule has 1 aromatic rings. The highest BCUT2D eigenvalue weighted by molar-refractivity contribution is 5.71. The molecule has 0 saturated carbocycles. The second-order valence-corrected chi connectivity index (χ2v) is 3.25. The fourth-order valence-corrected chi connectivity index (χ4v) is 1.18. The Morgan fingerprint density at radius 3 is 2.40 bits per heavy atom. The molecule has 0 spiro atoms. The van der Waals surface area contributed by atoms with E-state index in [1.54, 1.807) is 19.9 Å². The first kappa shape index (κ1) is 11.6. The Morgan fingerprint density at radius 1 is 1.27 bits per heavy atom. The summed E-state index contributed by atoms with van der Waals surface area (Å²) in [6, 6.07) is 3.06. The zero-order valence-electron chi connectivity index (χ0n) is 8.26. The van der Waals surface area contributed by atoms with Crippen molar-refractivity contribution in [1.82, 2.24) is 0 Å². The van der Waals surface area contributed by atoms with Gasteiger partial charge in [0.25, 0.3) is 0 Å². The van der Waals surface area contributed by atoms with Crippen molar-refractivity contribution in [2.45, 2.75) is 20.0 Å². The minimum absolute atomic E-state index is 0.0650. The molecule has 0 unspecified atom stereocenters. The van der Waals surface area contributed by atoms with Gasteiger partial charge in [-0.15, -0.1) is 0 Å². The van der Waals surface area contributed by atoms with E-state index in [1.807, 2.05) is 0 Å². The Morgan fingerprint density at radius 2 is 1.87 bits per heavy atom. The van der Waals surface area contributed by atoms with Crippen molar-refractivity contribution in [3.8, 4) is 5.75 Å². The number of phenols is 1. The third-order valence-electron chi connectivity index (χ3n) is 1.77. The molecule has 82 valence electrons. The Bertz CT molecular complexity index is 396. The number of aryl methyl sites for hydroxylation is 2. The van der Waals surface area contributed by atoms with Crippen LogP contribution in [0.3, 0.4) is 0 Å². The minimum atomic E-state index is -4.47. The smallest absolute Gasteiger partial charge is 0.426 e. The van der Waals surface area contributed by atoms with E-state index in [0.29, 0.717) is 5.56 Å². The Kier molecular flexibility index (Phi) is 3.02. The molecule has 0 amide bonds. The summed E-state index contributed by atoms with van der Waals surface area (Å²) in [4.78, 5) is 3.20. The van der Waals surface area contributed by atoms with Crippen molar-refractivity contribution in [2.24, 2.45) is 4.99 Å². The van der Waals surface area contributed by atoms with Gasteiger partial charge in [0, 0.05) is 0 Å². The molecule has 1 aromatic carbocycles. The Labute approximate surface area is 85.1 Å². The van der Waals surface area contributed by atoms with E-state index >= 15 is 0 Å². The maximum absolute atomic E-state index is 11.8. The van der Waals surface area contributed by atoms with Gasteiger partial charge in [0.1, 0.15) is 17.7 Å². The molecule has 0 radical (unpaired) electrons. The molecule has 1 rings (SSSR count). The van der Waals surface area contributed by atoms with Crippen molar-refractivity contribution in [2.75, 3.05) is 0 Å². The van der Waals surface area contributed by atoms with Crippen LogP contribution in [0.25, 0.3) is 0 Å². The van der Waals surface area contributed by atoms with Gasteiger partial charge in [-0.1, -0.05) is 6.07 Å². The molecule has 1 N–H and O–H groups in total. The number of phenolic OH excluding ortho intramolecular Hbond substituents is 1. The summed E-state index contributed by atoms with van der Waals surface area (Å²) in [7, 11) is 0. The van der Waals surface area contributed by atoms with Gasteiger partial charge in [-0.2, -0.15) is 13.2 Å². The van der Waals surface area contributed by atoms with E-state index in [2.05, 4.69) is 4.99 Å². The minimum Gasteiger partial charge on any atom is -0.505 e. The lowest BCUT2D eigenvalue weighted by molar-refractivity contribution is -0.0535. The third kappa shape index (κ3) is 3.27. The molecule has 0 fully saturated rings. The number of benzene rings is 1. The molecule has 0 aliphatic rings. The van der Waals surface area contributed by atoms with E-state index in [0.717, 1.165) is 5.56 Å². The van der Waals surface area contributed by atoms with Crippen LogP contribution in [-0.2, 0) is 0 Å². The van der Waals surface area contributed by atoms with Crippen LogP contribution in [-0.4, -0.2) is 17.5 Å². The lowest BCUT2D eigenvalue weighted by Crippen LogP contribution is -2.07. The number of aliphatic imine (C=N–C) groups is 1. The van der Waals surface area contributed by atoms with Crippen molar-refractivity contribution in [3.05, 3.63) is 23.3 Å². The van der Waals surface area contributed by atoms with Gasteiger partial charge in [-0.05, 0) is 31.0 Å². The molecule has 5 heteroatoms. The van der Waals surface area contributed by atoms with Crippen molar-refractivity contribution in [3.63, 3.8) is 0 Å². The Balaban J connectivity index is 3.10. The van der Waals surface area contributed by atoms with E-state index < -0.39 is 6.18 Å². The topological polar surface area (TPSA) is 32.6 Å². The number of rotatable bonds is 1. The molecular formula is C10H10F3NO. The van der Waals surface area contributed by atoms with Gasteiger partial charge in [0.2, 0.25) is 0 Å². The molecule has 0 aliphatic carbocycles. The Hall–Kier alpha value is -1.52. The monoisotopic (exact) mass is 217 g/mol. The van der Waals surface area contributed by atoms with Gasteiger partial charge in [-0.3, -0.25) is 0 Å². The summed E-state index contributed by atoms with van der Waals surface area (Å²) < 4.78 is 35.5. The second kappa shape index (κ2) is 3.92. The number of nitrogens with zero attached hydrogens (tertiary/aromatic N) is 1. The van der Waals surface area contributed by atoms with Crippen LogP contribution >= 0.6 is 0 Å². The molecule has 0 aromatic heterocycles. The largest absolute Gasteiger partial charge is 0.505 e. The van der Waals surface area contributed by atoms with Crippen LogP contribution in [0, 0.1) is 13.8 Å². The van der Waals surface area contributed by atoms with Crippen LogP contribution in [0.5, 0.6) is 5.75 Å². The van der Waals surface area contributed by atoms with Crippen molar-refractivity contribution < 1.29 is 18.3 Å². The first-order chi connectivity index (χ1) is 6.79. The van der Waals surface area contributed by atoms with Crippen LogP contribution in [0.1, 0.15) is 11.1 Å². The molecular weight excluding hydrogens is 207 g/mol. The average molecular weight is 217 g/mol. The van der Waals surface area contributed by atoms with Crippen LogP contribution < -0.4 is 0 Å². The second-order valence-electron chi connectivity index (χ2n) is 3.25. The van der Waals surface area contributed by atoms with Crippen LogP contribution in [0.15, 0.2) is 17.1 Å². The van der Waals surface area contributed by atoms with Crippen LogP contribution in [0.4, 0.5) is 18.9 Å². The predicted molar refractivity (Wildman–Crippen MR) is 51.8 cm³/mol. The molecule has 0 heterocycles. The number of hydrogen-bond donors (Lipinski definition) is 1. The normalized spacial score (nSPS) is 12.3. The molecule has 15 heavy (non-hydrogen) atoms. The summed E-state index contributed by atoms with van der Waals surface area (Å²) in [5, 5.41) is 9.44. The summed E-state index contributed by atoms with van der Waals surface area (Å²) in [5.41, 5.74) is 1.19. The predicted octanol–water partition coefficient (Wildman–Crippen LogP) is 3.27. The SMILES string of the molecule is Cc1cc(C)c(O)c(N=CC(F)(F)F)c1. The van der Waals surface area contributed by atoms with Crippen molar-refractivity contribution >= 4 is 11.9 Å². The van der Waals surface area contributed by atoms with Gasteiger partial charge in [0.15, 0.2) is 0 Å². The van der Waals surface area contributed by atoms with Crippen molar-refractivity contribution in [1.29, 1.82) is 0 Å². The lowest BCUT2D eigenvalue weighted by atomic mass is 10.1. The summed E-state index contributed by atoms with van der Waals surface area (Å²) in [5.74, 6) is -0.221.